The van der Waals surface area contributed by atoms with Crippen LogP contribution in [0.2, 0.25) is 0 Å². The van der Waals surface area contributed by atoms with E-state index in [2.05, 4.69) is 23.7 Å². The lowest BCUT2D eigenvalue weighted by Crippen LogP contribution is -2.12. The fourth-order valence-electron chi connectivity index (χ4n) is 0.392. The third-order valence-corrected chi connectivity index (χ3v) is 0.746. The molecule has 4 heteroatoms. The van der Waals surface area contributed by atoms with Gasteiger partial charge in [0.15, 0.2) is 0 Å². The molecule has 0 saturated carbocycles. The van der Waals surface area contributed by atoms with Gasteiger partial charge in [0.1, 0.15) is 0 Å². The molecule has 0 fully saturated rings. The van der Waals surface area contributed by atoms with E-state index < -0.39 is 13.0 Å². The number of terminal acetylenes is 1. The Morgan fingerprint density at radius 2 is 2.00 bits per heavy atom. The Labute approximate surface area is 82.3 Å². The average molecular weight is 206 g/mol. The second-order valence-electron chi connectivity index (χ2n) is 2.29. The van der Waals surface area contributed by atoms with E-state index in [-0.39, 0.29) is 0 Å². The zero-order valence-electron chi connectivity index (χ0n) is 8.19. The molecule has 0 aromatic heterocycles. The zero-order chi connectivity index (χ0) is 11.6. The number of hydrogen-bond donors (Lipinski definition) is 0. The summed E-state index contributed by atoms with van der Waals surface area (Å²) >= 11 is 0. The van der Waals surface area contributed by atoms with E-state index in [1.165, 1.54) is 12.2 Å². The van der Waals surface area contributed by atoms with Gasteiger partial charge >= 0.3 is 6.36 Å². The highest BCUT2D eigenvalue weighted by atomic mass is 19.4. The van der Waals surface area contributed by atoms with Crippen molar-refractivity contribution in [3.8, 4) is 12.3 Å². The predicted octanol–water partition coefficient (Wildman–Crippen LogP) is 3.29. The molecule has 0 radical (unpaired) electrons. The molecule has 0 atom stereocenters. The SMILES string of the molecule is C#CC.C=C(C)/C=C\COC(F)(F)F. The standard InChI is InChI=1S/C7H9F3O.C3H4/c1-6(2)4-3-5-11-7(8,9)10;1-3-2/h3-4H,1,5H2,2H3;1H,2H3/b4-3-;. The van der Waals surface area contributed by atoms with Gasteiger partial charge in [0.05, 0.1) is 6.61 Å². The summed E-state index contributed by atoms with van der Waals surface area (Å²) in [6.45, 7) is 6.34. The van der Waals surface area contributed by atoms with Crippen molar-refractivity contribution in [1.82, 2.24) is 0 Å². The fourth-order valence-corrected chi connectivity index (χ4v) is 0.392. The second-order valence-corrected chi connectivity index (χ2v) is 2.29. The van der Waals surface area contributed by atoms with Crippen LogP contribution in [0.5, 0.6) is 0 Å². The highest BCUT2D eigenvalue weighted by Gasteiger charge is 2.27. The Balaban J connectivity index is 0. The minimum atomic E-state index is -4.54. The first-order valence-electron chi connectivity index (χ1n) is 3.73. The lowest BCUT2D eigenvalue weighted by atomic mass is 10.3. The van der Waals surface area contributed by atoms with Crippen molar-refractivity contribution in [1.29, 1.82) is 0 Å². The Kier molecular flexibility index (Phi) is 9.15. The average Bonchev–Trinajstić information content (AvgIpc) is 1.98. The summed E-state index contributed by atoms with van der Waals surface area (Å²) in [6.07, 6.45) is 2.78. The monoisotopic (exact) mass is 206 g/mol. The third-order valence-electron chi connectivity index (χ3n) is 0.746. The van der Waals surface area contributed by atoms with Crippen molar-refractivity contribution >= 4 is 0 Å². The fraction of sp³-hybridized carbons (Fsp3) is 0.400. The number of alkyl halides is 3. The molecule has 0 aliphatic rings. The highest BCUT2D eigenvalue weighted by Crippen LogP contribution is 2.15. The van der Waals surface area contributed by atoms with E-state index in [1.54, 1.807) is 13.8 Å². The molecule has 0 aliphatic heterocycles. The van der Waals surface area contributed by atoms with Crippen molar-refractivity contribution in [3.63, 3.8) is 0 Å². The van der Waals surface area contributed by atoms with E-state index in [0.717, 1.165) is 0 Å². The van der Waals surface area contributed by atoms with Gasteiger partial charge in [-0.2, -0.15) is 0 Å². The largest absolute Gasteiger partial charge is 0.522 e. The Bertz CT molecular complexity index is 221. The molecule has 0 unspecified atom stereocenters. The molecule has 0 spiro atoms. The summed E-state index contributed by atoms with van der Waals surface area (Å²) in [4.78, 5) is 0. The molecular weight excluding hydrogens is 193 g/mol. The first-order valence-corrected chi connectivity index (χ1v) is 3.73. The summed E-state index contributed by atoms with van der Waals surface area (Å²) in [5, 5.41) is 0. The Hall–Kier alpha value is -1.21. The molecule has 0 heterocycles. The Morgan fingerprint density at radius 3 is 2.29 bits per heavy atom. The molecule has 0 amide bonds. The number of halogens is 3. The van der Waals surface area contributed by atoms with Gasteiger partial charge in [-0.25, -0.2) is 0 Å². The van der Waals surface area contributed by atoms with Crippen LogP contribution in [0, 0.1) is 12.3 Å². The summed E-state index contributed by atoms with van der Waals surface area (Å²) in [5.74, 6) is 2.25. The quantitative estimate of drug-likeness (QED) is 0.508. The number of ether oxygens (including phenoxy) is 1. The van der Waals surface area contributed by atoms with Crippen LogP contribution in [-0.4, -0.2) is 13.0 Å². The molecule has 0 aromatic rings. The van der Waals surface area contributed by atoms with Crippen molar-refractivity contribution < 1.29 is 17.9 Å². The van der Waals surface area contributed by atoms with Crippen molar-refractivity contribution in [2.75, 3.05) is 6.61 Å². The minimum absolute atomic E-state index is 0.462. The van der Waals surface area contributed by atoms with Crippen molar-refractivity contribution in [2.45, 2.75) is 20.2 Å². The van der Waals surface area contributed by atoms with Gasteiger partial charge in [-0.3, -0.25) is 4.74 Å². The second kappa shape index (κ2) is 8.39. The summed E-state index contributed by atoms with van der Waals surface area (Å²) in [7, 11) is 0. The van der Waals surface area contributed by atoms with E-state index in [0.29, 0.717) is 5.57 Å². The van der Waals surface area contributed by atoms with Gasteiger partial charge in [0, 0.05) is 0 Å². The molecule has 0 N–H and O–H groups in total. The smallest absolute Gasteiger partial charge is 0.288 e. The van der Waals surface area contributed by atoms with Crippen LogP contribution < -0.4 is 0 Å². The summed E-state index contributed by atoms with van der Waals surface area (Å²) in [6, 6.07) is 0. The molecule has 0 bridgehead atoms. The van der Waals surface area contributed by atoms with Gasteiger partial charge in [-0.05, 0) is 13.8 Å². The molecule has 0 rings (SSSR count). The van der Waals surface area contributed by atoms with Gasteiger partial charge < -0.3 is 0 Å². The van der Waals surface area contributed by atoms with Crippen LogP contribution in [0.1, 0.15) is 13.8 Å². The van der Waals surface area contributed by atoms with Crippen LogP contribution in [-0.2, 0) is 4.74 Å². The molecule has 1 nitrogen and oxygen atoms in total. The van der Waals surface area contributed by atoms with E-state index in [1.807, 2.05) is 0 Å². The number of allylic oxidation sites excluding steroid dienone is 2. The molecule has 0 saturated heterocycles. The lowest BCUT2D eigenvalue weighted by molar-refractivity contribution is -0.319. The van der Waals surface area contributed by atoms with Crippen LogP contribution >= 0.6 is 0 Å². The Morgan fingerprint density at radius 1 is 1.57 bits per heavy atom. The first-order chi connectivity index (χ1) is 6.33. The van der Waals surface area contributed by atoms with Crippen LogP contribution in [0.4, 0.5) is 13.2 Å². The summed E-state index contributed by atoms with van der Waals surface area (Å²) < 4.78 is 37.4. The molecule has 0 aromatic carbocycles. The number of hydrogen-bond acceptors (Lipinski definition) is 1. The van der Waals surface area contributed by atoms with Gasteiger partial charge in [-0.1, -0.05) is 24.3 Å². The van der Waals surface area contributed by atoms with E-state index >= 15 is 0 Å². The maximum absolute atomic E-state index is 11.3. The number of rotatable bonds is 3. The van der Waals surface area contributed by atoms with Crippen molar-refractivity contribution in [3.05, 3.63) is 24.3 Å². The summed E-state index contributed by atoms with van der Waals surface area (Å²) in [5.41, 5.74) is 0.691. The normalized spacial score (nSPS) is 10.3. The molecule has 80 valence electrons. The van der Waals surface area contributed by atoms with Gasteiger partial charge in [0.25, 0.3) is 0 Å². The first kappa shape index (κ1) is 15.3. The lowest BCUT2D eigenvalue weighted by Gasteiger charge is -2.02. The third kappa shape index (κ3) is 22.4. The van der Waals surface area contributed by atoms with Crippen LogP contribution in [0.3, 0.4) is 0 Å². The van der Waals surface area contributed by atoms with Crippen molar-refractivity contribution in [2.24, 2.45) is 0 Å². The van der Waals surface area contributed by atoms with E-state index in [9.17, 15) is 13.2 Å². The van der Waals surface area contributed by atoms with E-state index in [4.69, 9.17) is 0 Å². The van der Waals surface area contributed by atoms with Crippen LogP contribution in [0.15, 0.2) is 24.3 Å². The highest BCUT2D eigenvalue weighted by molar-refractivity contribution is 5.10. The van der Waals surface area contributed by atoms with Gasteiger partial charge in [0.2, 0.25) is 0 Å². The zero-order valence-corrected chi connectivity index (χ0v) is 8.19. The maximum atomic E-state index is 11.3. The topological polar surface area (TPSA) is 9.23 Å². The van der Waals surface area contributed by atoms with Crippen LogP contribution in [0.25, 0.3) is 0 Å². The minimum Gasteiger partial charge on any atom is -0.288 e. The molecule has 14 heavy (non-hydrogen) atoms. The predicted molar refractivity (Wildman–Crippen MR) is 50.5 cm³/mol. The molecular formula is C10H13F3O. The molecule has 0 aliphatic carbocycles. The maximum Gasteiger partial charge on any atom is 0.522 e. The van der Waals surface area contributed by atoms with Gasteiger partial charge in [-0.15, -0.1) is 25.5 Å².